The van der Waals surface area contributed by atoms with Crippen LogP contribution in [-0.4, -0.2) is 42.8 Å². The van der Waals surface area contributed by atoms with Crippen LogP contribution in [0.3, 0.4) is 0 Å². The van der Waals surface area contributed by atoms with Crippen molar-refractivity contribution in [2.75, 3.05) is 19.8 Å². The van der Waals surface area contributed by atoms with Crippen molar-refractivity contribution in [3.8, 4) is 0 Å². The highest BCUT2D eigenvalue weighted by Crippen LogP contribution is 2.43. The van der Waals surface area contributed by atoms with Gasteiger partial charge >= 0.3 is 19.8 Å². The lowest BCUT2D eigenvalue weighted by Gasteiger charge is -2.19. The Morgan fingerprint density at radius 2 is 0.907 bits per heavy atom. The molecule has 0 radical (unpaired) electrons. The lowest BCUT2D eigenvalue weighted by atomic mass is 10.0. The lowest BCUT2D eigenvalue weighted by Crippen LogP contribution is -2.29. The van der Waals surface area contributed by atoms with Gasteiger partial charge in [0.25, 0.3) is 0 Å². The van der Waals surface area contributed by atoms with Crippen LogP contribution in [0.5, 0.6) is 0 Å². The van der Waals surface area contributed by atoms with Gasteiger partial charge in [-0.15, -0.1) is 0 Å². The molecule has 0 saturated heterocycles. The molecule has 2 atom stereocenters. The molecule has 0 aliphatic carbocycles. The minimum atomic E-state index is -4.26. The zero-order valence-corrected chi connectivity index (χ0v) is 29.0. The van der Waals surface area contributed by atoms with E-state index in [9.17, 15) is 19.0 Å². The molecule has 0 amide bonds. The molecule has 0 aliphatic heterocycles. The van der Waals surface area contributed by atoms with Crippen LogP contribution in [-0.2, 0) is 32.7 Å². The zero-order chi connectivity index (χ0) is 31.9. The van der Waals surface area contributed by atoms with Crippen LogP contribution in [0.1, 0.15) is 181 Å². The van der Waals surface area contributed by atoms with Crippen LogP contribution < -0.4 is 0 Å². The monoisotopic (exact) mass is 634 g/mol. The molecule has 0 fully saturated rings. The summed E-state index contributed by atoms with van der Waals surface area (Å²) in [5.74, 6) is -0.791. The van der Waals surface area contributed by atoms with E-state index in [2.05, 4.69) is 13.8 Å². The molecule has 0 aromatic carbocycles. The molecule has 0 rings (SSSR count). The second kappa shape index (κ2) is 31.0. The van der Waals surface area contributed by atoms with Gasteiger partial charge in [-0.1, -0.05) is 149 Å². The molecule has 1 N–H and O–H groups in total. The van der Waals surface area contributed by atoms with E-state index in [0.717, 1.165) is 38.5 Å². The average Bonchev–Trinajstić information content (AvgIpc) is 2.97. The fourth-order valence-corrected chi connectivity index (χ4v) is 5.80. The first-order valence-corrected chi connectivity index (χ1v) is 19.3. The standard InChI is InChI=1S/C34H67O8P/c1-4-7-9-11-13-15-17-19-21-23-25-27-29-34(36)42-32(31-41-43(37,38)40-6-3)30-39-33(35)28-26-24-22-20-18-16-14-12-10-8-5-2/h32H,4-31H2,1-3H3,(H,37,38). The summed E-state index contributed by atoms with van der Waals surface area (Å²) in [5, 5.41) is 0. The van der Waals surface area contributed by atoms with Crippen LogP contribution in [0.2, 0.25) is 0 Å². The van der Waals surface area contributed by atoms with E-state index in [1.165, 1.54) is 109 Å². The van der Waals surface area contributed by atoms with Gasteiger partial charge < -0.3 is 14.4 Å². The lowest BCUT2D eigenvalue weighted by molar-refractivity contribution is -0.161. The van der Waals surface area contributed by atoms with Crippen molar-refractivity contribution in [2.45, 2.75) is 187 Å². The second-order valence-electron chi connectivity index (χ2n) is 11.9. The maximum atomic E-state index is 12.4. The molecule has 43 heavy (non-hydrogen) atoms. The van der Waals surface area contributed by atoms with Gasteiger partial charge in [-0.25, -0.2) is 4.57 Å². The van der Waals surface area contributed by atoms with Crippen LogP contribution in [0.15, 0.2) is 0 Å². The third kappa shape index (κ3) is 30.8. The molecule has 0 aromatic rings. The Bertz CT molecular complexity index is 687. The minimum Gasteiger partial charge on any atom is -0.462 e. The largest absolute Gasteiger partial charge is 0.472 e. The predicted octanol–water partition coefficient (Wildman–Crippen LogP) is 10.4. The zero-order valence-electron chi connectivity index (χ0n) is 28.1. The Kier molecular flexibility index (Phi) is 30.4. The van der Waals surface area contributed by atoms with Gasteiger partial charge in [-0.2, -0.15) is 0 Å². The molecule has 0 saturated carbocycles. The second-order valence-corrected chi connectivity index (χ2v) is 13.4. The molecular weight excluding hydrogens is 567 g/mol. The van der Waals surface area contributed by atoms with Gasteiger partial charge in [-0.05, 0) is 19.8 Å². The summed E-state index contributed by atoms with van der Waals surface area (Å²) in [7, 11) is -4.26. The van der Waals surface area contributed by atoms with E-state index in [1.807, 2.05) is 0 Å². The summed E-state index contributed by atoms with van der Waals surface area (Å²) in [4.78, 5) is 34.4. The molecule has 0 aliphatic rings. The van der Waals surface area contributed by atoms with Gasteiger partial charge in [0.15, 0.2) is 6.10 Å². The Morgan fingerprint density at radius 1 is 0.535 bits per heavy atom. The van der Waals surface area contributed by atoms with E-state index < -0.39 is 19.9 Å². The van der Waals surface area contributed by atoms with Crippen molar-refractivity contribution in [1.82, 2.24) is 0 Å². The summed E-state index contributed by atoms with van der Waals surface area (Å²) < 4.78 is 32.4. The first-order chi connectivity index (χ1) is 20.8. The number of phosphoric ester groups is 1. The first-order valence-electron chi connectivity index (χ1n) is 17.8. The van der Waals surface area contributed by atoms with Gasteiger partial charge in [0.1, 0.15) is 6.61 Å². The number of phosphoric acid groups is 1. The van der Waals surface area contributed by atoms with Crippen molar-refractivity contribution < 1.29 is 37.6 Å². The first kappa shape index (κ1) is 42.0. The van der Waals surface area contributed by atoms with Gasteiger partial charge in [0.2, 0.25) is 0 Å². The Hall–Kier alpha value is -0.950. The van der Waals surface area contributed by atoms with Crippen LogP contribution in [0.25, 0.3) is 0 Å². The number of rotatable bonds is 33. The number of unbranched alkanes of at least 4 members (excludes halogenated alkanes) is 21. The number of ether oxygens (including phenoxy) is 2. The normalized spacial score (nSPS) is 13.5. The average molecular weight is 635 g/mol. The molecule has 0 heterocycles. The molecule has 0 spiro atoms. The summed E-state index contributed by atoms with van der Waals surface area (Å²) in [5.41, 5.74) is 0. The third-order valence-electron chi connectivity index (χ3n) is 7.66. The SMILES string of the molecule is CCCCCCCCCCCCCCC(=O)OC(COC(=O)CCCCCCCCCCCCC)COP(=O)(O)OCC. The molecule has 256 valence electrons. The van der Waals surface area contributed by atoms with E-state index in [0.29, 0.717) is 6.42 Å². The highest BCUT2D eigenvalue weighted by atomic mass is 31.2. The fourth-order valence-electron chi connectivity index (χ4n) is 5.04. The van der Waals surface area contributed by atoms with Crippen LogP contribution >= 0.6 is 7.82 Å². The highest BCUT2D eigenvalue weighted by Gasteiger charge is 2.25. The van der Waals surface area contributed by atoms with Gasteiger partial charge in [-0.3, -0.25) is 18.6 Å². The van der Waals surface area contributed by atoms with Crippen molar-refractivity contribution in [1.29, 1.82) is 0 Å². The third-order valence-corrected chi connectivity index (χ3v) is 8.72. The van der Waals surface area contributed by atoms with Crippen molar-refractivity contribution >= 4 is 19.8 Å². The minimum absolute atomic E-state index is 0.00509. The van der Waals surface area contributed by atoms with Crippen LogP contribution in [0.4, 0.5) is 0 Å². The summed E-state index contributed by atoms with van der Waals surface area (Å²) in [6, 6.07) is 0. The Balaban J connectivity index is 4.17. The Morgan fingerprint density at radius 3 is 1.30 bits per heavy atom. The number of carbonyl (C=O) groups excluding carboxylic acids is 2. The molecule has 0 aromatic heterocycles. The maximum Gasteiger partial charge on any atom is 0.472 e. The summed E-state index contributed by atoms with van der Waals surface area (Å²) >= 11 is 0. The Labute approximate surface area is 264 Å². The molecular formula is C34H67O8P. The topological polar surface area (TPSA) is 108 Å². The molecule has 9 heteroatoms. The van der Waals surface area contributed by atoms with E-state index in [4.69, 9.17) is 18.5 Å². The molecule has 8 nitrogen and oxygen atoms in total. The van der Waals surface area contributed by atoms with Crippen molar-refractivity contribution in [2.24, 2.45) is 0 Å². The number of carbonyl (C=O) groups is 2. The van der Waals surface area contributed by atoms with Crippen molar-refractivity contribution in [3.05, 3.63) is 0 Å². The quantitative estimate of drug-likeness (QED) is 0.0431. The number of hydrogen-bond acceptors (Lipinski definition) is 7. The highest BCUT2D eigenvalue weighted by molar-refractivity contribution is 7.47. The maximum absolute atomic E-state index is 12.4. The fraction of sp³-hybridized carbons (Fsp3) is 0.941. The summed E-state index contributed by atoms with van der Waals surface area (Å²) in [6.45, 7) is 5.46. The number of esters is 2. The van der Waals surface area contributed by atoms with Gasteiger partial charge in [0.05, 0.1) is 13.2 Å². The molecule has 2 unspecified atom stereocenters. The van der Waals surface area contributed by atoms with Gasteiger partial charge in [0, 0.05) is 12.8 Å². The molecule has 0 bridgehead atoms. The predicted molar refractivity (Wildman–Crippen MR) is 175 cm³/mol. The summed E-state index contributed by atoms with van der Waals surface area (Å²) in [6.07, 6.45) is 27.2. The number of hydrogen-bond donors (Lipinski definition) is 1. The van der Waals surface area contributed by atoms with Crippen molar-refractivity contribution in [3.63, 3.8) is 0 Å². The smallest absolute Gasteiger partial charge is 0.462 e. The van der Waals surface area contributed by atoms with E-state index in [-0.39, 0.29) is 32.2 Å². The van der Waals surface area contributed by atoms with E-state index in [1.54, 1.807) is 6.92 Å². The van der Waals surface area contributed by atoms with Crippen LogP contribution in [0, 0.1) is 0 Å². The van der Waals surface area contributed by atoms with E-state index >= 15 is 0 Å².